The van der Waals surface area contributed by atoms with Gasteiger partial charge < -0.3 is 9.84 Å². The van der Waals surface area contributed by atoms with E-state index in [1.165, 1.54) is 0 Å². The van der Waals surface area contributed by atoms with Crippen LogP contribution in [-0.4, -0.2) is 21.3 Å². The van der Waals surface area contributed by atoms with E-state index in [1.807, 2.05) is 13.8 Å². The topological polar surface area (TPSA) is 42.4 Å². The van der Waals surface area contributed by atoms with Gasteiger partial charge >= 0.3 is 0 Å². The minimum absolute atomic E-state index is 0.0207. The van der Waals surface area contributed by atoms with Crippen molar-refractivity contribution in [2.24, 2.45) is 5.92 Å². The normalized spacial score (nSPS) is 27.1. The van der Waals surface area contributed by atoms with Crippen LogP contribution in [0.15, 0.2) is 18.5 Å². The van der Waals surface area contributed by atoms with E-state index in [0.717, 1.165) is 12.0 Å². The third kappa shape index (κ3) is 2.53. The highest BCUT2D eigenvalue weighted by Gasteiger charge is 2.49. The summed E-state index contributed by atoms with van der Waals surface area (Å²) < 4.78 is 6.01. The zero-order valence-electron chi connectivity index (χ0n) is 11.3. The van der Waals surface area contributed by atoms with Crippen LogP contribution in [0.4, 0.5) is 0 Å². The SMILES string of the molecule is CC1(C)CC(C(O)c2ccncc2Cl)C(C)(C)O1. The van der Waals surface area contributed by atoms with Crippen molar-refractivity contribution >= 4 is 11.6 Å². The second-order valence-corrected chi connectivity index (χ2v) is 6.53. The van der Waals surface area contributed by atoms with E-state index >= 15 is 0 Å². The minimum atomic E-state index is -0.628. The number of aromatic nitrogens is 1. The summed E-state index contributed by atoms with van der Waals surface area (Å²) in [6, 6.07) is 1.77. The fourth-order valence-electron chi connectivity index (χ4n) is 2.94. The lowest BCUT2D eigenvalue weighted by molar-refractivity contribution is -0.0880. The summed E-state index contributed by atoms with van der Waals surface area (Å²) in [4.78, 5) is 3.94. The summed E-state index contributed by atoms with van der Waals surface area (Å²) in [5.41, 5.74) is 0.149. The lowest BCUT2D eigenvalue weighted by atomic mass is 9.81. The molecule has 1 N–H and O–H groups in total. The first-order valence-corrected chi connectivity index (χ1v) is 6.58. The van der Waals surface area contributed by atoms with E-state index in [1.54, 1.807) is 18.5 Å². The Labute approximate surface area is 113 Å². The molecule has 4 heteroatoms. The molecule has 2 atom stereocenters. The van der Waals surface area contributed by atoms with Gasteiger partial charge in [-0.3, -0.25) is 4.98 Å². The molecule has 100 valence electrons. The van der Waals surface area contributed by atoms with Crippen molar-refractivity contribution in [1.29, 1.82) is 0 Å². The van der Waals surface area contributed by atoms with Crippen LogP contribution in [0.5, 0.6) is 0 Å². The van der Waals surface area contributed by atoms with Gasteiger partial charge in [-0.15, -0.1) is 0 Å². The maximum Gasteiger partial charge on any atom is 0.0862 e. The van der Waals surface area contributed by atoms with Crippen molar-refractivity contribution in [1.82, 2.24) is 4.98 Å². The van der Waals surface area contributed by atoms with Crippen LogP contribution in [0.25, 0.3) is 0 Å². The highest BCUT2D eigenvalue weighted by atomic mass is 35.5. The Morgan fingerprint density at radius 3 is 2.61 bits per heavy atom. The summed E-state index contributed by atoms with van der Waals surface area (Å²) in [6.07, 6.45) is 3.39. The van der Waals surface area contributed by atoms with E-state index in [9.17, 15) is 5.11 Å². The molecule has 0 amide bonds. The number of halogens is 1. The van der Waals surface area contributed by atoms with Gasteiger partial charge in [-0.2, -0.15) is 0 Å². The van der Waals surface area contributed by atoms with Crippen LogP contribution in [0.2, 0.25) is 5.02 Å². The second-order valence-electron chi connectivity index (χ2n) is 6.12. The number of hydrogen-bond donors (Lipinski definition) is 1. The van der Waals surface area contributed by atoms with Crippen molar-refractivity contribution in [3.63, 3.8) is 0 Å². The average molecular weight is 270 g/mol. The Balaban J connectivity index is 2.30. The molecule has 1 saturated heterocycles. The predicted molar refractivity (Wildman–Crippen MR) is 71.6 cm³/mol. The standard InChI is InChI=1S/C14H20ClNO2/c1-13(2)7-10(14(3,4)18-13)12(17)9-5-6-16-8-11(9)15/h5-6,8,10,12,17H,7H2,1-4H3. The molecule has 0 spiro atoms. The summed E-state index contributed by atoms with van der Waals surface area (Å²) in [5.74, 6) is 0.0207. The van der Waals surface area contributed by atoms with Crippen LogP contribution >= 0.6 is 11.6 Å². The largest absolute Gasteiger partial charge is 0.388 e. The monoisotopic (exact) mass is 269 g/mol. The fraction of sp³-hybridized carbons (Fsp3) is 0.643. The van der Waals surface area contributed by atoms with E-state index in [2.05, 4.69) is 18.8 Å². The number of hydrogen-bond acceptors (Lipinski definition) is 3. The van der Waals surface area contributed by atoms with Gasteiger partial charge in [-0.05, 0) is 40.2 Å². The predicted octanol–water partition coefficient (Wildman–Crippen LogP) is 3.36. The van der Waals surface area contributed by atoms with Gasteiger partial charge in [0.1, 0.15) is 0 Å². The molecule has 1 aromatic rings. The van der Waals surface area contributed by atoms with Gasteiger partial charge in [-0.25, -0.2) is 0 Å². The Kier molecular flexibility index (Phi) is 3.43. The van der Waals surface area contributed by atoms with Gasteiger partial charge in [0.15, 0.2) is 0 Å². The van der Waals surface area contributed by atoms with Crippen molar-refractivity contribution in [3.05, 3.63) is 29.0 Å². The maximum absolute atomic E-state index is 10.6. The van der Waals surface area contributed by atoms with Gasteiger partial charge in [0.25, 0.3) is 0 Å². The Hall–Kier alpha value is -0.640. The lowest BCUT2D eigenvalue weighted by Gasteiger charge is -2.30. The zero-order chi connectivity index (χ0) is 13.6. The molecule has 0 bridgehead atoms. The number of aliphatic hydroxyl groups excluding tert-OH is 1. The molecule has 1 aromatic heterocycles. The number of ether oxygens (including phenoxy) is 1. The van der Waals surface area contributed by atoms with E-state index < -0.39 is 6.10 Å². The first-order chi connectivity index (χ1) is 8.23. The highest BCUT2D eigenvalue weighted by Crippen LogP contribution is 2.48. The molecule has 3 nitrogen and oxygen atoms in total. The Morgan fingerprint density at radius 2 is 2.11 bits per heavy atom. The molecule has 0 aromatic carbocycles. The zero-order valence-corrected chi connectivity index (χ0v) is 12.0. The highest BCUT2D eigenvalue weighted by molar-refractivity contribution is 6.31. The fourth-order valence-corrected chi connectivity index (χ4v) is 3.17. The molecule has 1 aliphatic heterocycles. The molecule has 1 aliphatic rings. The summed E-state index contributed by atoms with van der Waals surface area (Å²) >= 11 is 6.10. The number of aliphatic hydroxyl groups is 1. The lowest BCUT2D eigenvalue weighted by Crippen LogP contribution is -2.32. The molecule has 0 radical (unpaired) electrons. The molecule has 0 aliphatic carbocycles. The first kappa shape index (κ1) is 13.8. The van der Waals surface area contributed by atoms with E-state index in [-0.39, 0.29) is 17.1 Å². The molecule has 2 heterocycles. The number of rotatable bonds is 2. The van der Waals surface area contributed by atoms with Gasteiger partial charge in [0, 0.05) is 23.9 Å². The Morgan fingerprint density at radius 1 is 1.44 bits per heavy atom. The van der Waals surface area contributed by atoms with Gasteiger partial charge in [-0.1, -0.05) is 11.6 Å². The molecule has 0 saturated carbocycles. The molecule has 1 fully saturated rings. The first-order valence-electron chi connectivity index (χ1n) is 6.20. The maximum atomic E-state index is 10.6. The molecular weight excluding hydrogens is 250 g/mol. The van der Waals surface area contributed by atoms with Crippen LogP contribution in [0.3, 0.4) is 0 Å². The molecular formula is C14H20ClNO2. The van der Waals surface area contributed by atoms with Gasteiger partial charge in [0.05, 0.1) is 22.3 Å². The average Bonchev–Trinajstić information content (AvgIpc) is 2.46. The van der Waals surface area contributed by atoms with Crippen LogP contribution < -0.4 is 0 Å². The summed E-state index contributed by atoms with van der Waals surface area (Å²) in [5, 5.41) is 11.1. The van der Waals surface area contributed by atoms with Crippen LogP contribution in [0.1, 0.15) is 45.8 Å². The smallest absolute Gasteiger partial charge is 0.0862 e. The number of nitrogens with zero attached hydrogens (tertiary/aromatic N) is 1. The molecule has 2 rings (SSSR count). The third-order valence-electron chi connectivity index (χ3n) is 3.65. The second kappa shape index (κ2) is 4.48. The third-order valence-corrected chi connectivity index (χ3v) is 3.96. The Bertz CT molecular complexity index is 445. The van der Waals surface area contributed by atoms with Crippen LogP contribution in [0, 0.1) is 5.92 Å². The minimum Gasteiger partial charge on any atom is -0.388 e. The summed E-state index contributed by atoms with van der Waals surface area (Å²) in [6.45, 7) is 8.14. The number of pyridine rings is 1. The van der Waals surface area contributed by atoms with Gasteiger partial charge in [0.2, 0.25) is 0 Å². The van der Waals surface area contributed by atoms with Crippen molar-refractivity contribution in [3.8, 4) is 0 Å². The quantitative estimate of drug-likeness (QED) is 0.895. The van der Waals surface area contributed by atoms with E-state index in [0.29, 0.717) is 5.02 Å². The van der Waals surface area contributed by atoms with Crippen molar-refractivity contribution < 1.29 is 9.84 Å². The summed E-state index contributed by atoms with van der Waals surface area (Å²) in [7, 11) is 0. The van der Waals surface area contributed by atoms with E-state index in [4.69, 9.17) is 16.3 Å². The van der Waals surface area contributed by atoms with Crippen molar-refractivity contribution in [2.75, 3.05) is 0 Å². The van der Waals surface area contributed by atoms with Crippen LogP contribution in [-0.2, 0) is 4.74 Å². The molecule has 2 unspecified atom stereocenters. The van der Waals surface area contributed by atoms with Crippen molar-refractivity contribution in [2.45, 2.75) is 51.4 Å². The molecule has 18 heavy (non-hydrogen) atoms.